The Hall–Kier alpha value is -0.780. The minimum Gasteiger partial charge on any atom is -0.392 e. The van der Waals surface area contributed by atoms with Gasteiger partial charge in [-0.2, -0.15) is 13.2 Å². The Morgan fingerprint density at radius 1 is 1.24 bits per heavy atom. The zero-order valence-electron chi connectivity index (χ0n) is 8.87. The lowest BCUT2D eigenvalue weighted by Crippen LogP contribution is -2.18. The molecule has 17 heavy (non-hydrogen) atoms. The molecule has 2 nitrogen and oxygen atoms in total. The van der Waals surface area contributed by atoms with E-state index in [1.165, 1.54) is 12.1 Å². The number of rotatable bonds is 1. The summed E-state index contributed by atoms with van der Waals surface area (Å²) in [4.78, 5) is 0. The first-order valence-corrected chi connectivity index (χ1v) is 5.06. The molecule has 2 unspecified atom stereocenters. The number of halogens is 4. The number of nitrogens with one attached hydrogen (secondary N) is 1. The van der Waals surface area contributed by atoms with Crippen molar-refractivity contribution in [2.24, 2.45) is 0 Å². The molecule has 0 saturated carbocycles. The molecule has 96 valence electrons. The van der Waals surface area contributed by atoms with E-state index >= 15 is 0 Å². The highest BCUT2D eigenvalue weighted by Crippen LogP contribution is 2.36. The molecular formula is C11H13ClF3NO. The van der Waals surface area contributed by atoms with E-state index in [4.69, 9.17) is 0 Å². The van der Waals surface area contributed by atoms with Crippen LogP contribution in [0.4, 0.5) is 13.2 Å². The maximum Gasteiger partial charge on any atom is 0.416 e. The van der Waals surface area contributed by atoms with Crippen LogP contribution in [-0.2, 0) is 6.18 Å². The standard InChI is InChI=1S/C11H12F3NO.ClH/c12-11(13,14)9-4-2-1-3-8(9)10-5-7(16)6-15-10;/h1-4,7,10,15-16H,5-6H2;1H. The van der Waals surface area contributed by atoms with Crippen molar-refractivity contribution in [1.29, 1.82) is 0 Å². The third-order valence-electron chi connectivity index (χ3n) is 2.75. The molecule has 0 aromatic heterocycles. The second kappa shape index (κ2) is 5.25. The van der Waals surface area contributed by atoms with Gasteiger partial charge in [0, 0.05) is 12.6 Å². The lowest BCUT2D eigenvalue weighted by Gasteiger charge is -2.17. The molecule has 0 spiro atoms. The Bertz CT molecular complexity index is 383. The van der Waals surface area contributed by atoms with Crippen molar-refractivity contribution in [3.8, 4) is 0 Å². The predicted octanol–water partition coefficient (Wildman–Crippen LogP) is 2.52. The third kappa shape index (κ3) is 3.12. The highest BCUT2D eigenvalue weighted by Gasteiger charge is 2.36. The van der Waals surface area contributed by atoms with Crippen LogP contribution < -0.4 is 5.32 Å². The van der Waals surface area contributed by atoms with Crippen LogP contribution in [0, 0.1) is 0 Å². The number of hydrogen-bond donors (Lipinski definition) is 2. The van der Waals surface area contributed by atoms with Gasteiger partial charge in [0.15, 0.2) is 0 Å². The topological polar surface area (TPSA) is 32.3 Å². The monoisotopic (exact) mass is 267 g/mol. The lowest BCUT2D eigenvalue weighted by molar-refractivity contribution is -0.138. The summed E-state index contributed by atoms with van der Waals surface area (Å²) < 4.78 is 38.1. The van der Waals surface area contributed by atoms with Crippen molar-refractivity contribution in [2.45, 2.75) is 24.7 Å². The Morgan fingerprint density at radius 2 is 1.88 bits per heavy atom. The quantitative estimate of drug-likeness (QED) is 0.820. The second-order valence-corrected chi connectivity index (χ2v) is 3.94. The summed E-state index contributed by atoms with van der Waals surface area (Å²) in [5, 5.41) is 12.2. The fourth-order valence-corrected chi connectivity index (χ4v) is 2.01. The molecule has 1 saturated heterocycles. The van der Waals surface area contributed by atoms with E-state index in [-0.39, 0.29) is 18.0 Å². The van der Waals surface area contributed by atoms with Gasteiger partial charge in [-0.3, -0.25) is 0 Å². The molecule has 0 aliphatic carbocycles. The van der Waals surface area contributed by atoms with Crippen LogP contribution >= 0.6 is 12.4 Å². The number of aliphatic hydroxyl groups is 1. The van der Waals surface area contributed by atoms with Gasteiger partial charge in [-0.15, -0.1) is 12.4 Å². The molecule has 2 rings (SSSR count). The van der Waals surface area contributed by atoms with Gasteiger partial charge >= 0.3 is 6.18 Å². The first-order chi connectivity index (χ1) is 7.48. The van der Waals surface area contributed by atoms with Crippen LogP contribution in [0.2, 0.25) is 0 Å². The van der Waals surface area contributed by atoms with Crippen LogP contribution in [0.5, 0.6) is 0 Å². The Labute approximate surface area is 103 Å². The van der Waals surface area contributed by atoms with Crippen LogP contribution in [0.3, 0.4) is 0 Å². The number of aliphatic hydroxyl groups excluding tert-OH is 1. The highest BCUT2D eigenvalue weighted by molar-refractivity contribution is 5.85. The van der Waals surface area contributed by atoms with Crippen LogP contribution in [0.15, 0.2) is 24.3 Å². The van der Waals surface area contributed by atoms with Crippen LogP contribution in [0.25, 0.3) is 0 Å². The minimum atomic E-state index is -4.34. The Morgan fingerprint density at radius 3 is 2.41 bits per heavy atom. The van der Waals surface area contributed by atoms with Crippen LogP contribution in [0.1, 0.15) is 23.6 Å². The largest absolute Gasteiger partial charge is 0.416 e. The van der Waals surface area contributed by atoms with Crippen molar-refractivity contribution in [3.05, 3.63) is 35.4 Å². The fraction of sp³-hybridized carbons (Fsp3) is 0.455. The van der Waals surface area contributed by atoms with Gasteiger partial charge in [0.05, 0.1) is 11.7 Å². The van der Waals surface area contributed by atoms with E-state index in [2.05, 4.69) is 5.32 Å². The summed E-state index contributed by atoms with van der Waals surface area (Å²) in [6, 6.07) is 5.07. The molecule has 2 N–H and O–H groups in total. The zero-order chi connectivity index (χ0) is 11.8. The van der Waals surface area contributed by atoms with Gasteiger partial charge in [0.1, 0.15) is 0 Å². The maximum atomic E-state index is 12.7. The molecule has 0 amide bonds. The molecule has 2 atom stereocenters. The smallest absolute Gasteiger partial charge is 0.392 e. The summed E-state index contributed by atoms with van der Waals surface area (Å²) in [6.45, 7) is 0.344. The van der Waals surface area contributed by atoms with Gasteiger partial charge < -0.3 is 10.4 Å². The highest BCUT2D eigenvalue weighted by atomic mass is 35.5. The van der Waals surface area contributed by atoms with Gasteiger partial charge in [-0.25, -0.2) is 0 Å². The van der Waals surface area contributed by atoms with E-state index in [1.54, 1.807) is 6.07 Å². The average Bonchev–Trinajstić information content (AvgIpc) is 2.64. The first-order valence-electron chi connectivity index (χ1n) is 5.06. The summed E-state index contributed by atoms with van der Waals surface area (Å²) in [5.41, 5.74) is -0.409. The third-order valence-corrected chi connectivity index (χ3v) is 2.75. The maximum absolute atomic E-state index is 12.7. The van der Waals surface area contributed by atoms with E-state index in [0.717, 1.165) is 6.07 Å². The summed E-state index contributed by atoms with van der Waals surface area (Å²) in [6.07, 6.45) is -4.58. The summed E-state index contributed by atoms with van der Waals surface area (Å²) in [7, 11) is 0. The number of hydrogen-bond acceptors (Lipinski definition) is 2. The second-order valence-electron chi connectivity index (χ2n) is 3.94. The van der Waals surface area contributed by atoms with Crippen molar-refractivity contribution < 1.29 is 18.3 Å². The normalized spacial score (nSPS) is 24.5. The molecule has 1 aliphatic heterocycles. The van der Waals surface area contributed by atoms with Crippen molar-refractivity contribution in [2.75, 3.05) is 6.54 Å². The van der Waals surface area contributed by atoms with E-state index < -0.39 is 23.9 Å². The molecule has 6 heteroatoms. The number of β-amino-alcohol motifs (C(OH)–C–C–N with tert-alkyl or cyclic N) is 1. The Kier molecular flexibility index (Phi) is 4.41. The molecule has 0 radical (unpaired) electrons. The summed E-state index contributed by atoms with van der Waals surface area (Å²) in [5.74, 6) is 0. The zero-order valence-corrected chi connectivity index (χ0v) is 9.68. The van der Waals surface area contributed by atoms with E-state index in [1.807, 2.05) is 0 Å². The van der Waals surface area contributed by atoms with Gasteiger partial charge in [-0.05, 0) is 18.1 Å². The number of alkyl halides is 3. The van der Waals surface area contributed by atoms with E-state index in [0.29, 0.717) is 13.0 Å². The minimum absolute atomic E-state index is 0. The van der Waals surface area contributed by atoms with Crippen molar-refractivity contribution >= 4 is 12.4 Å². The van der Waals surface area contributed by atoms with E-state index in [9.17, 15) is 18.3 Å². The van der Waals surface area contributed by atoms with Crippen molar-refractivity contribution in [1.82, 2.24) is 5.32 Å². The molecule has 1 fully saturated rings. The lowest BCUT2D eigenvalue weighted by atomic mass is 9.98. The number of benzene rings is 1. The first kappa shape index (κ1) is 14.3. The molecule has 1 heterocycles. The van der Waals surface area contributed by atoms with Gasteiger partial charge in [-0.1, -0.05) is 18.2 Å². The molecular weight excluding hydrogens is 255 g/mol. The SMILES string of the molecule is Cl.OC1CNC(c2ccccc2C(F)(F)F)C1. The van der Waals surface area contributed by atoms with Gasteiger partial charge in [0.25, 0.3) is 0 Å². The fourth-order valence-electron chi connectivity index (χ4n) is 2.01. The molecule has 1 aromatic carbocycles. The molecule has 1 aromatic rings. The van der Waals surface area contributed by atoms with Gasteiger partial charge in [0.2, 0.25) is 0 Å². The van der Waals surface area contributed by atoms with Crippen LogP contribution in [-0.4, -0.2) is 17.8 Å². The van der Waals surface area contributed by atoms with Crippen molar-refractivity contribution in [3.63, 3.8) is 0 Å². The average molecular weight is 268 g/mol. The predicted molar refractivity (Wildman–Crippen MR) is 60.1 cm³/mol. The molecule has 1 aliphatic rings. The Balaban J connectivity index is 0.00000144. The summed E-state index contributed by atoms with van der Waals surface area (Å²) >= 11 is 0. The molecule has 0 bridgehead atoms.